The van der Waals surface area contributed by atoms with Crippen LogP contribution in [0.15, 0.2) is 109 Å². The molecule has 0 N–H and O–H groups in total. The Hall–Kier alpha value is -4.37. The Kier molecular flexibility index (Phi) is 4.62. The molecule has 4 aromatic carbocycles. The van der Waals surface area contributed by atoms with E-state index in [-0.39, 0.29) is 0 Å². The van der Waals surface area contributed by atoms with Crippen molar-refractivity contribution in [2.45, 2.75) is 43.9 Å². The van der Waals surface area contributed by atoms with E-state index in [1.807, 2.05) is 6.20 Å². The van der Waals surface area contributed by atoms with Crippen LogP contribution in [0.1, 0.15) is 44.1 Å². The molecule has 3 nitrogen and oxygen atoms in total. The average Bonchev–Trinajstić information content (AvgIpc) is 3.53. The maximum atomic E-state index is 5.11. The van der Waals surface area contributed by atoms with Gasteiger partial charge in [-0.3, -0.25) is 4.57 Å². The topological polar surface area (TPSA) is 22.8 Å². The summed E-state index contributed by atoms with van der Waals surface area (Å²) >= 11 is 0. The van der Waals surface area contributed by atoms with E-state index in [2.05, 4.69) is 112 Å². The summed E-state index contributed by atoms with van der Waals surface area (Å²) in [7, 11) is 0. The Morgan fingerprint density at radius 2 is 1.05 bits per heavy atom. The van der Waals surface area contributed by atoms with Crippen molar-refractivity contribution in [2.75, 3.05) is 0 Å². The summed E-state index contributed by atoms with van der Waals surface area (Å²) in [5.74, 6) is 3.81. The molecule has 3 aromatic heterocycles. The van der Waals surface area contributed by atoms with Crippen molar-refractivity contribution in [3.63, 3.8) is 0 Å². The summed E-state index contributed by atoms with van der Waals surface area (Å²) in [6.45, 7) is 0. The number of rotatable bonds is 3. The number of aromatic nitrogens is 3. The van der Waals surface area contributed by atoms with Gasteiger partial charge >= 0.3 is 0 Å². The predicted molar refractivity (Wildman–Crippen MR) is 173 cm³/mol. The number of para-hydroxylation sites is 3. The zero-order valence-electron chi connectivity index (χ0n) is 23.7. The first kappa shape index (κ1) is 23.2. The van der Waals surface area contributed by atoms with Crippen LogP contribution in [-0.2, 0) is 5.41 Å². The standard InChI is InChI=1S/C39H33N3/c1-4-10-34-30(7-1)31-8-2-5-11-35(31)41(34)29-14-16-38(40-24-29)42-36-12-6-3-9-32(36)33-20-28(13-15-37(33)42)39-21-25-17-26(22-39)19-27(18-25)23-39/h1-16,20,24-27H,17-19,21-23H2. The van der Waals surface area contributed by atoms with E-state index in [0.29, 0.717) is 5.41 Å². The molecule has 0 atom stereocenters. The first-order valence-corrected chi connectivity index (χ1v) is 15.7. The van der Waals surface area contributed by atoms with Crippen LogP contribution in [0.3, 0.4) is 0 Å². The number of nitrogens with zero attached hydrogens (tertiary/aromatic N) is 3. The molecule has 4 aliphatic rings. The molecule has 0 unspecified atom stereocenters. The molecule has 7 aromatic rings. The van der Waals surface area contributed by atoms with Crippen LogP contribution in [0.2, 0.25) is 0 Å². The Morgan fingerprint density at radius 3 is 1.62 bits per heavy atom. The maximum Gasteiger partial charge on any atom is 0.137 e. The number of fused-ring (bicyclic) bond motifs is 6. The molecular weight excluding hydrogens is 510 g/mol. The van der Waals surface area contributed by atoms with Crippen LogP contribution in [0.25, 0.3) is 55.1 Å². The second-order valence-corrected chi connectivity index (χ2v) is 13.5. The summed E-state index contributed by atoms with van der Waals surface area (Å²) in [5.41, 5.74) is 7.97. The quantitative estimate of drug-likeness (QED) is 0.217. The lowest BCUT2D eigenvalue weighted by molar-refractivity contribution is -0.00512. The molecule has 0 aliphatic heterocycles. The van der Waals surface area contributed by atoms with Crippen molar-refractivity contribution in [1.82, 2.24) is 14.1 Å². The zero-order chi connectivity index (χ0) is 27.4. The summed E-state index contributed by atoms with van der Waals surface area (Å²) in [5, 5.41) is 5.24. The minimum absolute atomic E-state index is 0.397. The van der Waals surface area contributed by atoms with E-state index in [1.54, 1.807) is 5.56 Å². The first-order chi connectivity index (χ1) is 20.7. The molecule has 4 bridgehead atoms. The molecule has 0 radical (unpaired) electrons. The number of pyridine rings is 1. The summed E-state index contributed by atoms with van der Waals surface area (Å²) in [4.78, 5) is 5.11. The fraction of sp³-hybridized carbons (Fsp3) is 0.256. The van der Waals surface area contributed by atoms with Crippen LogP contribution in [0.4, 0.5) is 0 Å². The molecule has 0 amide bonds. The predicted octanol–water partition coefficient (Wildman–Crippen LogP) is 9.74. The van der Waals surface area contributed by atoms with Crippen LogP contribution in [0, 0.1) is 17.8 Å². The van der Waals surface area contributed by atoms with Gasteiger partial charge in [-0.25, -0.2) is 4.98 Å². The second kappa shape index (κ2) is 8.35. The molecule has 0 saturated heterocycles. The minimum atomic E-state index is 0.397. The Balaban J connectivity index is 1.12. The fourth-order valence-corrected chi connectivity index (χ4v) is 9.86. The van der Waals surface area contributed by atoms with Gasteiger partial charge in [0.25, 0.3) is 0 Å². The van der Waals surface area contributed by atoms with Crippen LogP contribution >= 0.6 is 0 Å². The number of hydrogen-bond donors (Lipinski definition) is 0. The van der Waals surface area contributed by atoms with Crippen molar-refractivity contribution in [3.8, 4) is 11.5 Å². The molecule has 11 rings (SSSR count). The smallest absolute Gasteiger partial charge is 0.137 e. The van der Waals surface area contributed by atoms with Gasteiger partial charge in [0.15, 0.2) is 0 Å². The van der Waals surface area contributed by atoms with E-state index >= 15 is 0 Å². The van der Waals surface area contributed by atoms with Gasteiger partial charge in [-0.2, -0.15) is 0 Å². The van der Waals surface area contributed by atoms with Gasteiger partial charge in [0.1, 0.15) is 5.82 Å². The molecular formula is C39H33N3. The van der Waals surface area contributed by atoms with E-state index in [1.165, 1.54) is 82.1 Å². The van der Waals surface area contributed by atoms with Gasteiger partial charge in [-0.15, -0.1) is 0 Å². The minimum Gasteiger partial charge on any atom is -0.308 e. The first-order valence-electron chi connectivity index (χ1n) is 15.7. The average molecular weight is 544 g/mol. The van der Waals surface area contributed by atoms with Gasteiger partial charge in [0.2, 0.25) is 0 Å². The molecule has 42 heavy (non-hydrogen) atoms. The highest BCUT2D eigenvalue weighted by atomic mass is 15.1. The summed E-state index contributed by atoms with van der Waals surface area (Å²) in [6.07, 6.45) is 10.7. The highest BCUT2D eigenvalue weighted by Gasteiger charge is 2.51. The largest absolute Gasteiger partial charge is 0.308 e. The van der Waals surface area contributed by atoms with Crippen LogP contribution in [-0.4, -0.2) is 14.1 Å². The van der Waals surface area contributed by atoms with Gasteiger partial charge in [0.05, 0.1) is 34.0 Å². The lowest BCUT2D eigenvalue weighted by Gasteiger charge is -2.57. The fourth-order valence-electron chi connectivity index (χ4n) is 9.86. The third kappa shape index (κ3) is 3.14. The van der Waals surface area contributed by atoms with Gasteiger partial charge in [-0.1, -0.05) is 60.7 Å². The molecule has 3 heteroatoms. The third-order valence-electron chi connectivity index (χ3n) is 11.1. The van der Waals surface area contributed by atoms with Crippen molar-refractivity contribution >= 4 is 43.6 Å². The maximum absolute atomic E-state index is 5.11. The monoisotopic (exact) mass is 543 g/mol. The Morgan fingerprint density at radius 1 is 0.524 bits per heavy atom. The lowest BCUT2D eigenvalue weighted by Crippen LogP contribution is -2.48. The molecule has 3 heterocycles. The molecule has 4 aliphatic carbocycles. The van der Waals surface area contributed by atoms with Crippen LogP contribution in [0.5, 0.6) is 0 Å². The molecule has 4 fully saturated rings. The lowest BCUT2D eigenvalue weighted by atomic mass is 9.48. The Bertz CT molecular complexity index is 2090. The van der Waals surface area contributed by atoms with E-state index in [0.717, 1.165) is 29.3 Å². The number of benzene rings is 4. The van der Waals surface area contributed by atoms with Gasteiger partial charge < -0.3 is 4.57 Å². The number of hydrogen-bond acceptors (Lipinski definition) is 1. The highest BCUT2D eigenvalue weighted by molar-refractivity contribution is 6.10. The molecule has 4 saturated carbocycles. The van der Waals surface area contributed by atoms with E-state index in [4.69, 9.17) is 4.98 Å². The summed E-state index contributed by atoms with van der Waals surface area (Å²) in [6, 6.07) is 38.1. The normalized spacial score (nSPS) is 24.9. The zero-order valence-corrected chi connectivity index (χ0v) is 23.7. The Labute approximate surface area is 245 Å². The van der Waals surface area contributed by atoms with Crippen molar-refractivity contribution in [3.05, 3.63) is 115 Å². The molecule has 0 spiro atoms. The molecule has 204 valence electrons. The van der Waals surface area contributed by atoms with Crippen molar-refractivity contribution in [1.29, 1.82) is 0 Å². The van der Waals surface area contributed by atoms with E-state index in [9.17, 15) is 0 Å². The highest BCUT2D eigenvalue weighted by Crippen LogP contribution is 2.61. The van der Waals surface area contributed by atoms with Crippen LogP contribution < -0.4 is 0 Å². The SMILES string of the molecule is c1ccc2c(c1)c1ccccc1n2-c1ccc(-n2c3ccccc3c3cc(C45CC6CC(CC(C6)C4)C5)ccc32)nc1. The van der Waals surface area contributed by atoms with Crippen molar-refractivity contribution in [2.24, 2.45) is 17.8 Å². The van der Waals surface area contributed by atoms with Crippen molar-refractivity contribution < 1.29 is 0 Å². The van der Waals surface area contributed by atoms with E-state index < -0.39 is 0 Å². The summed E-state index contributed by atoms with van der Waals surface area (Å²) < 4.78 is 4.70. The van der Waals surface area contributed by atoms with Gasteiger partial charge in [-0.05, 0) is 110 Å². The van der Waals surface area contributed by atoms with Gasteiger partial charge in [0, 0.05) is 21.5 Å². The second-order valence-electron chi connectivity index (χ2n) is 13.5. The third-order valence-corrected chi connectivity index (χ3v) is 11.1.